The Hall–Kier alpha value is -1.33. The van der Waals surface area contributed by atoms with Crippen molar-refractivity contribution in [2.75, 3.05) is 13.7 Å². The summed E-state index contributed by atoms with van der Waals surface area (Å²) in [6.07, 6.45) is 0.275. The van der Waals surface area contributed by atoms with Gasteiger partial charge in [0.2, 0.25) is 0 Å². The Labute approximate surface area is 111 Å². The first-order valence-corrected chi connectivity index (χ1v) is 5.43. The normalized spacial score (nSPS) is 22.1. The van der Waals surface area contributed by atoms with Crippen LogP contribution >= 0.6 is 12.4 Å². The molecule has 4 nitrogen and oxygen atoms in total. The van der Waals surface area contributed by atoms with Crippen LogP contribution in [0.5, 0.6) is 5.75 Å². The second-order valence-electron chi connectivity index (χ2n) is 3.89. The molecule has 1 aliphatic rings. The third-order valence-corrected chi connectivity index (χ3v) is 2.71. The standard InChI is InChI=1S/C12H14FNO3.ClH/c1-16-12(15)10-6-8(7-14-10)17-11-5-3-2-4-9(11)13;/h2-5,8,10,14H,6-7H2,1H3;1H. The number of ether oxygens (including phenoxy) is 2. The molecule has 1 aromatic rings. The highest BCUT2D eigenvalue weighted by atomic mass is 35.5. The molecular weight excluding hydrogens is 261 g/mol. The Kier molecular flexibility index (Phi) is 5.37. The van der Waals surface area contributed by atoms with E-state index in [9.17, 15) is 9.18 Å². The molecule has 1 heterocycles. The average molecular weight is 276 g/mol. The van der Waals surface area contributed by atoms with Crippen molar-refractivity contribution in [2.24, 2.45) is 0 Å². The first-order chi connectivity index (χ1) is 8.20. The number of nitrogens with one attached hydrogen (secondary N) is 1. The fraction of sp³-hybridized carbons (Fsp3) is 0.417. The quantitative estimate of drug-likeness (QED) is 0.850. The zero-order valence-corrected chi connectivity index (χ0v) is 10.7. The smallest absolute Gasteiger partial charge is 0.323 e. The Morgan fingerprint density at radius 1 is 1.44 bits per heavy atom. The monoisotopic (exact) mass is 275 g/mol. The minimum absolute atomic E-state index is 0. The first kappa shape index (κ1) is 14.7. The van der Waals surface area contributed by atoms with Crippen molar-refractivity contribution in [3.8, 4) is 5.75 Å². The molecule has 0 saturated carbocycles. The second-order valence-corrected chi connectivity index (χ2v) is 3.89. The van der Waals surface area contributed by atoms with Crippen molar-refractivity contribution in [1.29, 1.82) is 0 Å². The summed E-state index contributed by atoms with van der Waals surface area (Å²) in [7, 11) is 1.34. The molecule has 18 heavy (non-hydrogen) atoms. The minimum atomic E-state index is -0.394. The van der Waals surface area contributed by atoms with Crippen LogP contribution in [0.1, 0.15) is 6.42 Å². The molecule has 0 amide bonds. The molecule has 2 atom stereocenters. The van der Waals surface area contributed by atoms with Crippen molar-refractivity contribution in [2.45, 2.75) is 18.6 Å². The number of esters is 1. The number of rotatable bonds is 3. The van der Waals surface area contributed by atoms with Gasteiger partial charge in [0, 0.05) is 13.0 Å². The Morgan fingerprint density at radius 2 is 2.17 bits per heavy atom. The van der Waals surface area contributed by atoms with Crippen molar-refractivity contribution in [3.05, 3.63) is 30.1 Å². The number of hydrogen-bond donors (Lipinski definition) is 1. The molecule has 0 aliphatic carbocycles. The fourth-order valence-electron chi connectivity index (χ4n) is 1.83. The summed E-state index contributed by atoms with van der Waals surface area (Å²) in [4.78, 5) is 11.3. The summed E-state index contributed by atoms with van der Waals surface area (Å²) in [6.45, 7) is 0.508. The van der Waals surface area contributed by atoms with E-state index in [0.717, 1.165) is 0 Å². The first-order valence-electron chi connectivity index (χ1n) is 5.43. The van der Waals surface area contributed by atoms with E-state index in [0.29, 0.717) is 13.0 Å². The highest BCUT2D eigenvalue weighted by molar-refractivity contribution is 5.85. The zero-order chi connectivity index (χ0) is 12.3. The van der Waals surface area contributed by atoms with Crippen molar-refractivity contribution < 1.29 is 18.7 Å². The zero-order valence-electron chi connectivity index (χ0n) is 9.89. The van der Waals surface area contributed by atoms with Gasteiger partial charge in [-0.3, -0.25) is 4.79 Å². The SMILES string of the molecule is COC(=O)C1CC(Oc2ccccc2F)CN1.Cl. The molecule has 1 saturated heterocycles. The molecular formula is C12H15ClFNO3. The van der Waals surface area contributed by atoms with Crippen LogP contribution in [0.25, 0.3) is 0 Å². The van der Waals surface area contributed by atoms with Crippen LogP contribution in [-0.4, -0.2) is 31.8 Å². The third-order valence-electron chi connectivity index (χ3n) is 2.71. The molecule has 6 heteroatoms. The van der Waals surface area contributed by atoms with E-state index in [-0.39, 0.29) is 36.3 Å². The highest BCUT2D eigenvalue weighted by Crippen LogP contribution is 2.20. The van der Waals surface area contributed by atoms with Gasteiger partial charge in [0.05, 0.1) is 7.11 Å². The lowest BCUT2D eigenvalue weighted by molar-refractivity contribution is -0.142. The van der Waals surface area contributed by atoms with Gasteiger partial charge in [0.15, 0.2) is 11.6 Å². The molecule has 0 spiro atoms. The summed E-state index contributed by atoms with van der Waals surface area (Å²) in [5.41, 5.74) is 0. The predicted molar refractivity (Wildman–Crippen MR) is 66.5 cm³/mol. The van der Waals surface area contributed by atoms with E-state index >= 15 is 0 Å². The maximum absolute atomic E-state index is 13.3. The Balaban J connectivity index is 0.00000162. The van der Waals surface area contributed by atoms with E-state index in [4.69, 9.17) is 4.74 Å². The maximum atomic E-state index is 13.3. The molecule has 1 N–H and O–H groups in total. The van der Waals surface area contributed by atoms with E-state index in [1.54, 1.807) is 18.2 Å². The Morgan fingerprint density at radius 3 is 2.83 bits per heavy atom. The van der Waals surface area contributed by atoms with Crippen LogP contribution in [0.15, 0.2) is 24.3 Å². The summed E-state index contributed by atoms with van der Waals surface area (Å²) in [5.74, 6) is -0.497. The summed E-state index contributed by atoms with van der Waals surface area (Å²) in [6, 6.07) is 5.86. The van der Waals surface area contributed by atoms with E-state index < -0.39 is 5.82 Å². The lowest BCUT2D eigenvalue weighted by Crippen LogP contribution is -2.31. The summed E-state index contributed by atoms with van der Waals surface area (Å²) >= 11 is 0. The lowest BCUT2D eigenvalue weighted by atomic mass is 10.2. The molecule has 1 aliphatic heterocycles. The number of methoxy groups -OCH3 is 1. The lowest BCUT2D eigenvalue weighted by Gasteiger charge is -2.13. The molecule has 100 valence electrons. The van der Waals surface area contributed by atoms with Crippen molar-refractivity contribution >= 4 is 18.4 Å². The average Bonchev–Trinajstić information content (AvgIpc) is 2.80. The van der Waals surface area contributed by atoms with E-state index in [2.05, 4.69) is 10.1 Å². The van der Waals surface area contributed by atoms with Crippen LogP contribution in [0, 0.1) is 5.82 Å². The van der Waals surface area contributed by atoms with Crippen molar-refractivity contribution in [3.63, 3.8) is 0 Å². The van der Waals surface area contributed by atoms with E-state index in [1.807, 2.05) is 0 Å². The van der Waals surface area contributed by atoms with Gasteiger partial charge in [-0.2, -0.15) is 0 Å². The molecule has 2 unspecified atom stereocenters. The number of benzene rings is 1. The minimum Gasteiger partial charge on any atom is -0.486 e. The van der Waals surface area contributed by atoms with Gasteiger partial charge in [0.25, 0.3) is 0 Å². The van der Waals surface area contributed by atoms with Crippen LogP contribution in [-0.2, 0) is 9.53 Å². The van der Waals surface area contributed by atoms with Gasteiger partial charge >= 0.3 is 5.97 Å². The molecule has 0 radical (unpaired) electrons. The molecule has 1 aromatic carbocycles. The molecule has 0 aromatic heterocycles. The second kappa shape index (κ2) is 6.56. The van der Waals surface area contributed by atoms with Gasteiger partial charge in [-0.1, -0.05) is 12.1 Å². The Bertz CT molecular complexity index is 416. The number of carbonyl (C=O) groups excluding carboxylic acids is 1. The largest absolute Gasteiger partial charge is 0.486 e. The number of carbonyl (C=O) groups is 1. The van der Waals surface area contributed by atoms with Crippen LogP contribution < -0.4 is 10.1 Å². The van der Waals surface area contributed by atoms with Crippen LogP contribution in [0.4, 0.5) is 4.39 Å². The molecule has 1 fully saturated rings. The maximum Gasteiger partial charge on any atom is 0.323 e. The summed E-state index contributed by atoms with van der Waals surface area (Å²) < 4.78 is 23.4. The molecule has 0 bridgehead atoms. The number of hydrogen-bond acceptors (Lipinski definition) is 4. The van der Waals surface area contributed by atoms with Gasteiger partial charge in [0.1, 0.15) is 12.1 Å². The fourth-order valence-corrected chi connectivity index (χ4v) is 1.83. The van der Waals surface area contributed by atoms with Crippen molar-refractivity contribution in [1.82, 2.24) is 5.32 Å². The predicted octanol–water partition coefficient (Wildman–Crippen LogP) is 1.53. The van der Waals surface area contributed by atoms with Gasteiger partial charge in [-0.25, -0.2) is 4.39 Å². The van der Waals surface area contributed by atoms with Crippen LogP contribution in [0.3, 0.4) is 0 Å². The highest BCUT2D eigenvalue weighted by Gasteiger charge is 2.31. The van der Waals surface area contributed by atoms with Gasteiger partial charge < -0.3 is 14.8 Å². The number of halogens is 2. The third kappa shape index (κ3) is 3.34. The van der Waals surface area contributed by atoms with Gasteiger partial charge in [-0.15, -0.1) is 12.4 Å². The topological polar surface area (TPSA) is 47.6 Å². The number of para-hydroxylation sites is 1. The summed E-state index contributed by atoms with van der Waals surface area (Å²) in [5, 5.41) is 2.98. The van der Waals surface area contributed by atoms with Gasteiger partial charge in [-0.05, 0) is 12.1 Å². The molecule has 2 rings (SSSR count). The van der Waals surface area contributed by atoms with Crippen LogP contribution in [0.2, 0.25) is 0 Å². The van der Waals surface area contributed by atoms with E-state index in [1.165, 1.54) is 13.2 Å².